The molecular weight excluding hydrogens is 399 g/mol. The van der Waals surface area contributed by atoms with Gasteiger partial charge in [0.1, 0.15) is 5.69 Å². The molecule has 0 aliphatic carbocycles. The van der Waals surface area contributed by atoms with Gasteiger partial charge in [-0.25, -0.2) is 4.68 Å². The summed E-state index contributed by atoms with van der Waals surface area (Å²) >= 11 is 0. The second-order valence-corrected chi connectivity index (χ2v) is 9.08. The first-order valence-electron chi connectivity index (χ1n) is 10.4. The second-order valence-electron chi connectivity index (χ2n) is 9.08. The molecule has 7 heteroatoms. The first kappa shape index (κ1) is 23.7. The van der Waals surface area contributed by atoms with Crippen molar-refractivity contribution in [3.8, 4) is 16.9 Å². The number of hydrogen-bond donors (Lipinski definition) is 0. The topological polar surface area (TPSA) is 74.1 Å². The summed E-state index contributed by atoms with van der Waals surface area (Å²) in [5.41, 5.74) is 5.39. The van der Waals surface area contributed by atoms with E-state index in [1.165, 1.54) is 5.56 Å². The van der Waals surface area contributed by atoms with Crippen LogP contribution in [0.15, 0.2) is 54.7 Å². The molecule has 0 bridgehead atoms. The van der Waals surface area contributed by atoms with Crippen LogP contribution in [0.3, 0.4) is 0 Å². The Morgan fingerprint density at radius 1 is 1.10 bits per heavy atom. The fraction of sp³-hybridized carbons (Fsp3) is 0.375. The third-order valence-corrected chi connectivity index (χ3v) is 5.75. The van der Waals surface area contributed by atoms with Crippen molar-refractivity contribution in [2.24, 2.45) is 5.92 Å². The smallest absolute Gasteiger partial charge is 0.550 e. The van der Waals surface area contributed by atoms with Gasteiger partial charge in [0.15, 0.2) is 0 Å². The number of likely N-dealkylation sites (tertiary alicyclic amines) is 1. The average molecular weight is 426 g/mol. The largest absolute Gasteiger partial charge is 1.00 e. The first-order chi connectivity index (χ1) is 14.3. The van der Waals surface area contributed by atoms with Crippen LogP contribution in [0.5, 0.6) is 0 Å². The van der Waals surface area contributed by atoms with E-state index < -0.39 is 5.97 Å². The monoisotopic (exact) mass is 426 g/mol. The SMILES string of the molecule is CC(C)(C)c1ccc(-c2cn(-c3ccc(CN4CCC(C(=O)[O-])C4)cc3)nn2)cc1.[Na+]. The van der Waals surface area contributed by atoms with Crippen LogP contribution in [-0.2, 0) is 16.8 Å². The van der Waals surface area contributed by atoms with Crippen molar-refractivity contribution in [1.29, 1.82) is 0 Å². The maximum Gasteiger partial charge on any atom is 1.00 e. The fourth-order valence-electron chi connectivity index (χ4n) is 3.84. The fourth-order valence-corrected chi connectivity index (χ4v) is 3.84. The molecule has 0 amide bonds. The number of rotatable bonds is 5. The summed E-state index contributed by atoms with van der Waals surface area (Å²) in [5.74, 6) is -1.29. The summed E-state index contributed by atoms with van der Waals surface area (Å²) in [7, 11) is 0. The number of benzene rings is 2. The van der Waals surface area contributed by atoms with Crippen molar-refractivity contribution < 1.29 is 39.5 Å². The number of carbonyl (C=O) groups excluding carboxylic acids is 1. The minimum atomic E-state index is -0.942. The van der Waals surface area contributed by atoms with E-state index in [1.54, 1.807) is 4.68 Å². The molecule has 3 aromatic rings. The summed E-state index contributed by atoms with van der Waals surface area (Å²) in [4.78, 5) is 13.2. The van der Waals surface area contributed by atoms with Crippen molar-refractivity contribution >= 4 is 5.97 Å². The van der Waals surface area contributed by atoms with E-state index in [9.17, 15) is 9.90 Å². The normalized spacial score (nSPS) is 16.8. The van der Waals surface area contributed by atoms with Crippen LogP contribution in [0.2, 0.25) is 0 Å². The zero-order valence-corrected chi connectivity index (χ0v) is 20.7. The summed E-state index contributed by atoms with van der Waals surface area (Å²) in [6, 6.07) is 16.6. The Morgan fingerprint density at radius 2 is 1.77 bits per heavy atom. The summed E-state index contributed by atoms with van der Waals surface area (Å²) in [6.45, 7) is 8.70. The first-order valence-corrected chi connectivity index (χ1v) is 10.4. The molecular formula is C24H27N4NaO2. The third-order valence-electron chi connectivity index (χ3n) is 5.75. The Hall–Kier alpha value is -1.99. The van der Waals surface area contributed by atoms with E-state index >= 15 is 0 Å². The van der Waals surface area contributed by atoms with Gasteiger partial charge in [-0.05, 0) is 41.6 Å². The van der Waals surface area contributed by atoms with Crippen molar-refractivity contribution in [3.63, 3.8) is 0 Å². The van der Waals surface area contributed by atoms with Crippen LogP contribution in [0.4, 0.5) is 0 Å². The number of carbonyl (C=O) groups is 1. The number of carboxylic acid groups (broad SMARTS) is 1. The molecule has 1 aliphatic rings. The van der Waals surface area contributed by atoms with Crippen LogP contribution in [0, 0.1) is 5.92 Å². The average Bonchev–Trinajstić information content (AvgIpc) is 3.38. The number of nitrogens with zero attached hydrogens (tertiary/aromatic N) is 4. The van der Waals surface area contributed by atoms with Crippen molar-refractivity contribution in [1.82, 2.24) is 19.9 Å². The Kier molecular flexibility index (Phi) is 7.37. The Bertz CT molecular complexity index is 1020. The predicted octanol–water partition coefficient (Wildman–Crippen LogP) is -0.192. The molecule has 0 radical (unpaired) electrons. The Morgan fingerprint density at radius 3 is 2.35 bits per heavy atom. The van der Waals surface area contributed by atoms with Crippen LogP contribution >= 0.6 is 0 Å². The molecule has 6 nitrogen and oxygen atoms in total. The maximum atomic E-state index is 11.0. The molecule has 156 valence electrons. The molecule has 0 spiro atoms. The van der Waals surface area contributed by atoms with Gasteiger partial charge in [-0.15, -0.1) is 5.10 Å². The van der Waals surface area contributed by atoms with Gasteiger partial charge in [0.25, 0.3) is 0 Å². The second kappa shape index (κ2) is 9.65. The van der Waals surface area contributed by atoms with Gasteiger partial charge in [-0.2, -0.15) is 0 Å². The van der Waals surface area contributed by atoms with Crippen LogP contribution in [0.1, 0.15) is 38.3 Å². The molecule has 0 N–H and O–H groups in total. The van der Waals surface area contributed by atoms with Crippen molar-refractivity contribution in [2.45, 2.75) is 39.2 Å². The maximum absolute atomic E-state index is 11.0. The van der Waals surface area contributed by atoms with Gasteiger partial charge in [-0.1, -0.05) is 62.4 Å². The van der Waals surface area contributed by atoms with Crippen molar-refractivity contribution in [3.05, 3.63) is 65.9 Å². The predicted molar refractivity (Wildman–Crippen MR) is 114 cm³/mol. The molecule has 1 fully saturated rings. The number of hydrogen-bond acceptors (Lipinski definition) is 5. The standard InChI is InChI=1S/C24H28N4O2.Na/c1-24(2,3)20-8-6-18(7-9-20)22-16-28(26-25-22)21-10-4-17(5-11-21)14-27-13-12-19(15-27)23(29)30;/h4-11,16,19H,12-15H2,1-3H3,(H,29,30);/q;+1/p-1. The van der Waals surface area contributed by atoms with Gasteiger partial charge in [0, 0.05) is 30.5 Å². The Balaban J connectivity index is 0.00000272. The van der Waals surface area contributed by atoms with Crippen molar-refractivity contribution in [2.75, 3.05) is 13.1 Å². The van der Waals surface area contributed by atoms with E-state index in [4.69, 9.17) is 0 Å². The molecule has 0 saturated carbocycles. The minimum absolute atomic E-state index is 0. The molecule has 1 unspecified atom stereocenters. The zero-order chi connectivity index (χ0) is 21.3. The Labute approximate surface area is 205 Å². The molecule has 31 heavy (non-hydrogen) atoms. The summed E-state index contributed by atoms with van der Waals surface area (Å²) in [5, 5.41) is 19.6. The third kappa shape index (κ3) is 5.63. The zero-order valence-electron chi connectivity index (χ0n) is 18.7. The molecule has 2 heterocycles. The molecule has 2 aromatic carbocycles. The van der Waals surface area contributed by atoms with E-state index in [0.29, 0.717) is 13.0 Å². The summed E-state index contributed by atoms with van der Waals surface area (Å²) < 4.78 is 1.78. The van der Waals surface area contributed by atoms with Gasteiger partial charge in [0.05, 0.1) is 11.9 Å². The van der Waals surface area contributed by atoms with Gasteiger partial charge in [0.2, 0.25) is 0 Å². The van der Waals surface area contributed by atoms with Gasteiger partial charge >= 0.3 is 29.6 Å². The quantitative estimate of drug-likeness (QED) is 0.529. The van der Waals surface area contributed by atoms with Gasteiger partial charge in [-0.3, -0.25) is 4.90 Å². The van der Waals surface area contributed by atoms with Crippen LogP contribution < -0.4 is 34.7 Å². The van der Waals surface area contributed by atoms with E-state index in [0.717, 1.165) is 35.6 Å². The number of carboxylic acids is 1. The van der Waals surface area contributed by atoms with Gasteiger partial charge < -0.3 is 9.90 Å². The molecule has 1 atom stereocenters. The molecule has 4 rings (SSSR count). The molecule has 1 aliphatic heterocycles. The molecule has 1 saturated heterocycles. The number of aliphatic carboxylic acids is 1. The minimum Gasteiger partial charge on any atom is -0.550 e. The van der Waals surface area contributed by atoms with E-state index in [-0.39, 0.29) is 40.9 Å². The van der Waals surface area contributed by atoms with E-state index in [2.05, 4.69) is 72.4 Å². The molecule has 1 aromatic heterocycles. The van der Waals surface area contributed by atoms with Crippen LogP contribution in [0.25, 0.3) is 16.9 Å². The van der Waals surface area contributed by atoms with Crippen LogP contribution in [-0.4, -0.2) is 39.0 Å². The summed E-state index contributed by atoms with van der Waals surface area (Å²) in [6.07, 6.45) is 2.60. The van der Waals surface area contributed by atoms with E-state index in [1.807, 2.05) is 18.3 Å². The number of aromatic nitrogens is 3.